The zero-order chi connectivity index (χ0) is 21.5. The number of ether oxygens (including phenoxy) is 1. The number of hydrogen-bond donors (Lipinski definition) is 2. The first-order valence-electron chi connectivity index (χ1n) is 9.05. The van der Waals surface area contributed by atoms with E-state index >= 15 is 0 Å². The van der Waals surface area contributed by atoms with E-state index in [9.17, 15) is 19.2 Å². The number of amides is 4. The molecule has 4 rings (SSSR count). The Morgan fingerprint density at radius 3 is 2.70 bits per heavy atom. The second-order valence-corrected chi connectivity index (χ2v) is 8.05. The van der Waals surface area contributed by atoms with Crippen molar-refractivity contribution >= 4 is 35.0 Å². The van der Waals surface area contributed by atoms with Crippen LogP contribution in [0, 0.1) is 11.8 Å². The number of rotatable bonds is 4. The highest BCUT2D eigenvalue weighted by atomic mass is 32.1. The van der Waals surface area contributed by atoms with Crippen LogP contribution in [0.5, 0.6) is 5.75 Å². The molecule has 2 aromatic rings. The third-order valence-corrected chi connectivity index (χ3v) is 6.02. The molecule has 2 aliphatic rings. The van der Waals surface area contributed by atoms with Crippen LogP contribution in [0.3, 0.4) is 0 Å². The average molecular weight is 423 g/mol. The Morgan fingerprint density at radius 1 is 1.27 bits per heavy atom. The smallest absolute Gasteiger partial charge is 0.323 e. The lowest BCUT2D eigenvalue weighted by atomic mass is 9.99. The van der Waals surface area contributed by atoms with Gasteiger partial charge in [0.25, 0.3) is 11.8 Å². The van der Waals surface area contributed by atoms with E-state index in [1.165, 1.54) is 30.3 Å². The second-order valence-electron chi connectivity index (χ2n) is 6.97. The van der Waals surface area contributed by atoms with E-state index < -0.39 is 17.5 Å². The normalized spacial score (nSPS) is 19.7. The molecule has 1 atom stereocenters. The number of ketones is 1. The van der Waals surface area contributed by atoms with Crippen LogP contribution in [0.25, 0.3) is 0 Å². The van der Waals surface area contributed by atoms with Gasteiger partial charge in [-0.05, 0) is 36.8 Å². The summed E-state index contributed by atoms with van der Waals surface area (Å²) in [6.45, 7) is 1.64. The number of Topliss-reactive ketones (excluding diaryl/α,β-unsaturated/α-hetero) is 1. The van der Waals surface area contributed by atoms with Gasteiger partial charge in [0.1, 0.15) is 5.75 Å². The summed E-state index contributed by atoms with van der Waals surface area (Å²) in [5, 5.41) is 4.76. The minimum absolute atomic E-state index is 0.0782. The summed E-state index contributed by atoms with van der Waals surface area (Å²) < 4.78 is 5.18. The minimum atomic E-state index is -1.58. The van der Waals surface area contributed by atoms with Gasteiger partial charge in [-0.15, -0.1) is 11.3 Å². The maximum absolute atomic E-state index is 12.9. The quantitative estimate of drug-likeness (QED) is 0.441. The Kier molecular flexibility index (Phi) is 4.79. The molecule has 0 unspecified atom stereocenters. The molecular weight excluding hydrogens is 406 g/mol. The SMILES string of the molecule is COc1ccc2c(c1)C(=O)N(C[C@@]1(C#Cc3ccc(C(C)=O)s3)NC(=O)NC1=O)C2. The Hall–Kier alpha value is -3.64. The molecular formula is C21H17N3O5S. The van der Waals surface area contributed by atoms with Crippen LogP contribution in [0.1, 0.15) is 37.4 Å². The first-order chi connectivity index (χ1) is 14.3. The van der Waals surface area contributed by atoms with Crippen LogP contribution in [0.2, 0.25) is 0 Å². The van der Waals surface area contributed by atoms with Gasteiger partial charge in [-0.3, -0.25) is 19.7 Å². The maximum Gasteiger partial charge on any atom is 0.323 e. The fraction of sp³-hybridized carbons (Fsp3) is 0.238. The molecule has 9 heteroatoms. The van der Waals surface area contributed by atoms with Gasteiger partial charge in [0, 0.05) is 12.1 Å². The van der Waals surface area contributed by atoms with E-state index in [-0.39, 0.29) is 24.8 Å². The highest BCUT2D eigenvalue weighted by Gasteiger charge is 2.48. The summed E-state index contributed by atoms with van der Waals surface area (Å²) in [6.07, 6.45) is 0. The van der Waals surface area contributed by atoms with E-state index in [4.69, 9.17) is 4.74 Å². The molecule has 4 amide bonds. The van der Waals surface area contributed by atoms with Crippen molar-refractivity contribution in [2.75, 3.05) is 13.7 Å². The Labute approximate surface area is 176 Å². The lowest BCUT2D eigenvalue weighted by Gasteiger charge is -2.26. The number of nitrogens with zero attached hydrogens (tertiary/aromatic N) is 1. The molecule has 2 aliphatic heterocycles. The molecule has 8 nitrogen and oxygen atoms in total. The summed E-state index contributed by atoms with van der Waals surface area (Å²) in [5.74, 6) is 5.28. The number of methoxy groups -OCH3 is 1. The molecule has 0 saturated carbocycles. The number of benzene rings is 1. The van der Waals surface area contributed by atoms with Crippen LogP contribution < -0.4 is 15.4 Å². The van der Waals surface area contributed by atoms with Gasteiger partial charge >= 0.3 is 6.03 Å². The van der Waals surface area contributed by atoms with Crippen molar-refractivity contribution in [3.05, 3.63) is 51.2 Å². The monoisotopic (exact) mass is 423 g/mol. The Morgan fingerprint density at radius 2 is 2.07 bits per heavy atom. The number of carbonyl (C=O) groups excluding carboxylic acids is 4. The lowest BCUT2D eigenvalue weighted by molar-refractivity contribution is -0.122. The van der Waals surface area contributed by atoms with Crippen LogP contribution in [-0.2, 0) is 11.3 Å². The van der Waals surface area contributed by atoms with Crippen LogP contribution in [0.15, 0.2) is 30.3 Å². The van der Waals surface area contributed by atoms with Crippen molar-refractivity contribution < 1.29 is 23.9 Å². The maximum atomic E-state index is 12.9. The van der Waals surface area contributed by atoms with Gasteiger partial charge in [-0.2, -0.15) is 0 Å². The molecule has 1 saturated heterocycles. The highest BCUT2D eigenvalue weighted by molar-refractivity contribution is 7.14. The number of fused-ring (bicyclic) bond motifs is 1. The van der Waals surface area contributed by atoms with Crippen molar-refractivity contribution in [3.63, 3.8) is 0 Å². The van der Waals surface area contributed by atoms with E-state index in [1.807, 2.05) is 0 Å². The number of imide groups is 1. The highest BCUT2D eigenvalue weighted by Crippen LogP contribution is 2.28. The zero-order valence-corrected chi connectivity index (χ0v) is 17.0. The topological polar surface area (TPSA) is 105 Å². The van der Waals surface area contributed by atoms with E-state index in [0.717, 1.165) is 5.56 Å². The van der Waals surface area contributed by atoms with Gasteiger partial charge in [-0.25, -0.2) is 4.79 Å². The van der Waals surface area contributed by atoms with Crippen molar-refractivity contribution in [3.8, 4) is 17.6 Å². The Bertz CT molecular complexity index is 1160. The molecule has 0 spiro atoms. The molecule has 152 valence electrons. The molecule has 1 aromatic carbocycles. The zero-order valence-electron chi connectivity index (χ0n) is 16.2. The minimum Gasteiger partial charge on any atom is -0.497 e. The second kappa shape index (κ2) is 7.31. The van der Waals surface area contributed by atoms with Crippen molar-refractivity contribution in [1.29, 1.82) is 0 Å². The van der Waals surface area contributed by atoms with E-state index in [0.29, 0.717) is 21.1 Å². The number of urea groups is 1. The number of thiophene rings is 1. The third-order valence-electron chi connectivity index (χ3n) is 4.92. The average Bonchev–Trinajstić information content (AvgIpc) is 3.38. The molecule has 3 heterocycles. The number of hydrogen-bond acceptors (Lipinski definition) is 6. The number of nitrogens with one attached hydrogen (secondary N) is 2. The van der Waals surface area contributed by atoms with Gasteiger partial charge in [0.2, 0.25) is 5.54 Å². The van der Waals surface area contributed by atoms with Gasteiger partial charge in [-0.1, -0.05) is 17.9 Å². The summed E-state index contributed by atoms with van der Waals surface area (Å²) in [5.41, 5.74) is -0.288. The first kappa shape index (κ1) is 19.7. The fourth-order valence-electron chi connectivity index (χ4n) is 3.37. The molecule has 0 radical (unpaired) electrons. The van der Waals surface area contributed by atoms with Gasteiger partial charge in [0.15, 0.2) is 5.78 Å². The molecule has 0 aliphatic carbocycles. The number of carbonyl (C=O) groups is 4. The summed E-state index contributed by atoms with van der Waals surface area (Å²) >= 11 is 1.20. The van der Waals surface area contributed by atoms with E-state index in [1.54, 1.807) is 30.3 Å². The summed E-state index contributed by atoms with van der Waals surface area (Å²) in [7, 11) is 1.52. The van der Waals surface area contributed by atoms with Gasteiger partial charge < -0.3 is 15.0 Å². The molecule has 0 bridgehead atoms. The summed E-state index contributed by atoms with van der Waals surface area (Å²) in [4.78, 5) is 51.4. The predicted octanol–water partition coefficient (Wildman–Crippen LogP) is 1.54. The third kappa shape index (κ3) is 3.42. The Balaban J connectivity index is 1.64. The molecule has 1 aromatic heterocycles. The standard InChI is InChI=1S/C21H17N3O5S/c1-12(25)17-6-5-15(30-17)7-8-21(19(27)22-20(28)23-21)11-24-10-13-3-4-14(29-2)9-16(13)18(24)26/h3-6,9H,10-11H2,1-2H3,(H2,22,23,27,28)/t21-/m1/s1. The van der Waals surface area contributed by atoms with E-state index in [2.05, 4.69) is 22.5 Å². The van der Waals surface area contributed by atoms with Crippen molar-refractivity contribution in [2.24, 2.45) is 0 Å². The van der Waals surface area contributed by atoms with Crippen LogP contribution >= 0.6 is 11.3 Å². The van der Waals surface area contributed by atoms with Gasteiger partial charge in [0.05, 0.1) is 23.4 Å². The molecule has 30 heavy (non-hydrogen) atoms. The summed E-state index contributed by atoms with van der Waals surface area (Å²) in [6, 6.07) is 7.88. The van der Waals surface area contributed by atoms with Crippen molar-refractivity contribution in [1.82, 2.24) is 15.5 Å². The molecule has 2 N–H and O–H groups in total. The largest absolute Gasteiger partial charge is 0.497 e. The predicted molar refractivity (Wildman–Crippen MR) is 108 cm³/mol. The van der Waals surface area contributed by atoms with Crippen molar-refractivity contribution in [2.45, 2.75) is 19.0 Å². The van der Waals surface area contributed by atoms with Crippen LogP contribution in [0.4, 0.5) is 4.79 Å². The van der Waals surface area contributed by atoms with Crippen LogP contribution in [-0.4, -0.2) is 47.7 Å². The lowest BCUT2D eigenvalue weighted by Crippen LogP contribution is -2.54. The fourth-order valence-corrected chi connectivity index (χ4v) is 4.13. The first-order valence-corrected chi connectivity index (χ1v) is 9.87. The molecule has 1 fully saturated rings.